The standard InChI is InChI=1S/C18H19NO4S/c1-13(24-15-10-6-3-7-11-15)16(17(20)21)19-18(22)23-12-14-8-4-2-5-9-14/h2-11,13,16H,12H2,1H3,(H,19,22)(H,20,21)/t13-,16+/m0/s1. The molecule has 5 nitrogen and oxygen atoms in total. The number of hydrogen-bond donors (Lipinski definition) is 2. The summed E-state index contributed by atoms with van der Waals surface area (Å²) in [6, 6.07) is 17.6. The van der Waals surface area contributed by atoms with E-state index >= 15 is 0 Å². The minimum Gasteiger partial charge on any atom is -0.480 e. The molecule has 0 aliphatic heterocycles. The van der Waals surface area contributed by atoms with Crippen LogP contribution in [0.4, 0.5) is 4.79 Å². The normalized spacial score (nSPS) is 12.9. The van der Waals surface area contributed by atoms with Crippen molar-refractivity contribution in [1.29, 1.82) is 0 Å². The Labute approximate surface area is 145 Å². The van der Waals surface area contributed by atoms with E-state index in [9.17, 15) is 14.7 Å². The molecule has 24 heavy (non-hydrogen) atoms. The molecular formula is C18H19NO4S. The molecule has 126 valence electrons. The number of benzene rings is 2. The highest BCUT2D eigenvalue weighted by molar-refractivity contribution is 8.00. The molecule has 0 bridgehead atoms. The molecule has 0 aromatic heterocycles. The molecule has 0 aliphatic rings. The van der Waals surface area contributed by atoms with E-state index in [-0.39, 0.29) is 11.9 Å². The molecule has 0 saturated carbocycles. The molecule has 2 atom stereocenters. The van der Waals surface area contributed by atoms with Crippen LogP contribution in [0.3, 0.4) is 0 Å². The average molecular weight is 345 g/mol. The predicted molar refractivity (Wildman–Crippen MR) is 92.9 cm³/mol. The van der Waals surface area contributed by atoms with Gasteiger partial charge in [-0.15, -0.1) is 11.8 Å². The molecule has 0 radical (unpaired) electrons. The van der Waals surface area contributed by atoms with Gasteiger partial charge in [-0.05, 0) is 17.7 Å². The van der Waals surface area contributed by atoms with E-state index in [4.69, 9.17) is 4.74 Å². The van der Waals surface area contributed by atoms with Crippen molar-refractivity contribution in [1.82, 2.24) is 5.32 Å². The Morgan fingerprint density at radius 3 is 2.25 bits per heavy atom. The zero-order valence-corrected chi connectivity index (χ0v) is 14.0. The second-order valence-electron chi connectivity index (χ2n) is 5.16. The second-order valence-corrected chi connectivity index (χ2v) is 6.61. The zero-order chi connectivity index (χ0) is 17.4. The van der Waals surface area contributed by atoms with Gasteiger partial charge in [0.25, 0.3) is 0 Å². The first-order valence-electron chi connectivity index (χ1n) is 7.48. The summed E-state index contributed by atoms with van der Waals surface area (Å²) >= 11 is 1.39. The van der Waals surface area contributed by atoms with Crippen LogP contribution in [0.2, 0.25) is 0 Å². The molecule has 1 amide bonds. The van der Waals surface area contributed by atoms with Crippen molar-refractivity contribution in [3.8, 4) is 0 Å². The van der Waals surface area contributed by atoms with Crippen LogP contribution in [0, 0.1) is 0 Å². The Balaban J connectivity index is 1.90. The van der Waals surface area contributed by atoms with Crippen LogP contribution in [0.25, 0.3) is 0 Å². The second kappa shape index (κ2) is 8.98. The molecule has 2 N–H and O–H groups in total. The maximum absolute atomic E-state index is 11.9. The van der Waals surface area contributed by atoms with Crippen molar-refractivity contribution >= 4 is 23.8 Å². The number of nitrogens with one attached hydrogen (secondary N) is 1. The van der Waals surface area contributed by atoms with Crippen LogP contribution >= 0.6 is 11.8 Å². The Morgan fingerprint density at radius 2 is 1.67 bits per heavy atom. The van der Waals surface area contributed by atoms with Crippen molar-refractivity contribution in [3.05, 3.63) is 66.2 Å². The molecule has 0 fully saturated rings. The molecule has 0 spiro atoms. The number of rotatable bonds is 7. The largest absolute Gasteiger partial charge is 0.480 e. The topological polar surface area (TPSA) is 75.6 Å². The molecule has 0 unspecified atom stereocenters. The van der Waals surface area contributed by atoms with Crippen LogP contribution in [0.1, 0.15) is 12.5 Å². The van der Waals surface area contributed by atoms with Gasteiger partial charge < -0.3 is 15.2 Å². The van der Waals surface area contributed by atoms with E-state index in [1.807, 2.05) is 60.7 Å². The molecule has 0 saturated heterocycles. The predicted octanol–water partition coefficient (Wildman–Crippen LogP) is 3.55. The van der Waals surface area contributed by atoms with Crippen LogP contribution in [0.15, 0.2) is 65.6 Å². The number of hydrogen-bond acceptors (Lipinski definition) is 4. The van der Waals surface area contributed by atoms with Gasteiger partial charge in [0, 0.05) is 10.1 Å². The number of carbonyl (C=O) groups excluding carboxylic acids is 1. The van der Waals surface area contributed by atoms with E-state index < -0.39 is 18.1 Å². The van der Waals surface area contributed by atoms with Gasteiger partial charge in [-0.1, -0.05) is 55.5 Å². The zero-order valence-electron chi connectivity index (χ0n) is 13.2. The van der Waals surface area contributed by atoms with Crippen molar-refractivity contribution in [3.63, 3.8) is 0 Å². The number of carboxylic acid groups (broad SMARTS) is 1. The number of thioether (sulfide) groups is 1. The van der Waals surface area contributed by atoms with Gasteiger partial charge in [0.15, 0.2) is 0 Å². The molecule has 2 aromatic carbocycles. The molecule has 0 aliphatic carbocycles. The van der Waals surface area contributed by atoms with Crippen LogP contribution < -0.4 is 5.32 Å². The van der Waals surface area contributed by atoms with E-state index in [1.54, 1.807) is 6.92 Å². The summed E-state index contributed by atoms with van der Waals surface area (Å²) < 4.78 is 5.09. The lowest BCUT2D eigenvalue weighted by Gasteiger charge is -2.20. The number of aliphatic carboxylic acids is 1. The monoisotopic (exact) mass is 345 g/mol. The minimum atomic E-state index is -1.09. The molecule has 2 rings (SSSR count). The summed E-state index contributed by atoms with van der Waals surface area (Å²) in [7, 11) is 0. The Hall–Kier alpha value is -2.47. The van der Waals surface area contributed by atoms with Gasteiger partial charge in [-0.25, -0.2) is 9.59 Å². The van der Waals surface area contributed by atoms with Crippen LogP contribution in [-0.2, 0) is 16.1 Å². The third kappa shape index (κ3) is 5.62. The smallest absolute Gasteiger partial charge is 0.408 e. The highest BCUT2D eigenvalue weighted by atomic mass is 32.2. The van der Waals surface area contributed by atoms with E-state index in [0.29, 0.717) is 0 Å². The lowest BCUT2D eigenvalue weighted by molar-refractivity contribution is -0.139. The van der Waals surface area contributed by atoms with Gasteiger partial charge >= 0.3 is 12.1 Å². The van der Waals surface area contributed by atoms with Crippen molar-refractivity contribution in [2.75, 3.05) is 0 Å². The fourth-order valence-electron chi connectivity index (χ4n) is 2.05. The van der Waals surface area contributed by atoms with Gasteiger partial charge in [-0.3, -0.25) is 0 Å². The van der Waals surface area contributed by atoms with Crippen LogP contribution in [-0.4, -0.2) is 28.5 Å². The Bertz CT molecular complexity index is 663. The van der Waals surface area contributed by atoms with Gasteiger partial charge in [0.05, 0.1) is 0 Å². The fourth-order valence-corrected chi connectivity index (χ4v) is 3.12. The maximum atomic E-state index is 11.9. The van der Waals surface area contributed by atoms with Crippen LogP contribution in [0.5, 0.6) is 0 Å². The lowest BCUT2D eigenvalue weighted by Crippen LogP contribution is -2.46. The number of amides is 1. The highest BCUT2D eigenvalue weighted by Gasteiger charge is 2.27. The third-order valence-corrected chi connectivity index (χ3v) is 4.48. The highest BCUT2D eigenvalue weighted by Crippen LogP contribution is 2.25. The average Bonchev–Trinajstić information content (AvgIpc) is 2.59. The summed E-state index contributed by atoms with van der Waals surface area (Å²) in [5.74, 6) is -1.09. The Morgan fingerprint density at radius 1 is 1.08 bits per heavy atom. The van der Waals surface area contributed by atoms with E-state index in [1.165, 1.54) is 11.8 Å². The van der Waals surface area contributed by atoms with Gasteiger partial charge in [0.2, 0.25) is 0 Å². The molecule has 2 aromatic rings. The summed E-state index contributed by atoms with van der Waals surface area (Å²) in [6.07, 6.45) is -0.744. The quantitative estimate of drug-likeness (QED) is 0.751. The first-order valence-corrected chi connectivity index (χ1v) is 8.36. The Kier molecular flexibility index (Phi) is 6.69. The maximum Gasteiger partial charge on any atom is 0.408 e. The van der Waals surface area contributed by atoms with Gasteiger partial charge in [-0.2, -0.15) is 0 Å². The number of carboxylic acids is 1. The molecule has 0 heterocycles. The number of carbonyl (C=O) groups is 2. The van der Waals surface area contributed by atoms with E-state index in [2.05, 4.69) is 5.32 Å². The van der Waals surface area contributed by atoms with Gasteiger partial charge in [0.1, 0.15) is 12.6 Å². The summed E-state index contributed by atoms with van der Waals surface area (Å²) in [6.45, 7) is 1.85. The number of alkyl carbamates (subject to hydrolysis) is 1. The van der Waals surface area contributed by atoms with Crippen molar-refractivity contribution < 1.29 is 19.4 Å². The van der Waals surface area contributed by atoms with Crippen molar-refractivity contribution in [2.45, 2.75) is 29.7 Å². The van der Waals surface area contributed by atoms with Crippen molar-refractivity contribution in [2.24, 2.45) is 0 Å². The first kappa shape index (κ1) is 17.9. The first-order chi connectivity index (χ1) is 11.6. The summed E-state index contributed by atoms with van der Waals surface area (Å²) in [5, 5.41) is 11.4. The fraction of sp³-hybridized carbons (Fsp3) is 0.222. The summed E-state index contributed by atoms with van der Waals surface area (Å²) in [4.78, 5) is 24.3. The minimum absolute atomic E-state index is 0.0964. The SMILES string of the molecule is C[C@H](Sc1ccccc1)[C@@H](NC(=O)OCc1ccccc1)C(=O)O. The number of ether oxygens (including phenoxy) is 1. The molecular weight excluding hydrogens is 326 g/mol. The molecule has 6 heteroatoms. The lowest BCUT2D eigenvalue weighted by atomic mass is 10.2. The summed E-state index contributed by atoms with van der Waals surface area (Å²) in [5.41, 5.74) is 0.839. The van der Waals surface area contributed by atoms with E-state index in [0.717, 1.165) is 10.5 Å². The third-order valence-electron chi connectivity index (χ3n) is 3.29.